The SMILES string of the molecule is CN(C)C(=O)CN1CCOC(c2nc(N(C)C)ncc2-c2cccc(F)c2)C1. The predicted molar refractivity (Wildman–Crippen MR) is 106 cm³/mol. The van der Waals surface area contributed by atoms with Gasteiger partial charge in [-0.3, -0.25) is 9.69 Å². The summed E-state index contributed by atoms with van der Waals surface area (Å²) in [4.78, 5) is 26.6. The van der Waals surface area contributed by atoms with Crippen LogP contribution >= 0.6 is 0 Å². The van der Waals surface area contributed by atoms with Gasteiger partial charge in [0.2, 0.25) is 11.9 Å². The lowest BCUT2D eigenvalue weighted by Crippen LogP contribution is -2.44. The molecule has 0 saturated carbocycles. The van der Waals surface area contributed by atoms with E-state index in [2.05, 4.69) is 9.88 Å². The van der Waals surface area contributed by atoms with E-state index in [1.54, 1.807) is 31.3 Å². The van der Waals surface area contributed by atoms with Crippen LogP contribution in [0.15, 0.2) is 30.5 Å². The summed E-state index contributed by atoms with van der Waals surface area (Å²) >= 11 is 0. The molecule has 1 aromatic carbocycles. The second-order valence-electron chi connectivity index (χ2n) is 7.26. The number of hydrogen-bond acceptors (Lipinski definition) is 6. The first-order valence-electron chi connectivity index (χ1n) is 9.19. The Kier molecular flexibility index (Phi) is 6.21. The Labute approximate surface area is 164 Å². The lowest BCUT2D eigenvalue weighted by atomic mass is 10.0. The molecular weight excluding hydrogens is 361 g/mol. The fourth-order valence-electron chi connectivity index (χ4n) is 3.07. The summed E-state index contributed by atoms with van der Waals surface area (Å²) in [7, 11) is 7.22. The van der Waals surface area contributed by atoms with Gasteiger partial charge in [-0.15, -0.1) is 0 Å². The molecular formula is C20H26FN5O2. The number of halogens is 1. The van der Waals surface area contributed by atoms with Crippen LogP contribution in [0.4, 0.5) is 10.3 Å². The fraction of sp³-hybridized carbons (Fsp3) is 0.450. The fourth-order valence-corrected chi connectivity index (χ4v) is 3.07. The molecule has 0 spiro atoms. The first-order valence-corrected chi connectivity index (χ1v) is 9.19. The average Bonchev–Trinajstić information content (AvgIpc) is 2.67. The highest BCUT2D eigenvalue weighted by atomic mass is 19.1. The number of benzene rings is 1. The molecule has 28 heavy (non-hydrogen) atoms. The van der Waals surface area contributed by atoms with Crippen molar-refractivity contribution in [3.05, 3.63) is 42.0 Å². The maximum absolute atomic E-state index is 13.8. The summed E-state index contributed by atoms with van der Waals surface area (Å²) in [6.45, 7) is 2.03. The molecule has 0 aliphatic carbocycles. The van der Waals surface area contributed by atoms with Crippen molar-refractivity contribution in [1.82, 2.24) is 19.8 Å². The quantitative estimate of drug-likeness (QED) is 0.780. The Hall–Kier alpha value is -2.58. The summed E-state index contributed by atoms with van der Waals surface area (Å²) in [6, 6.07) is 6.37. The molecule has 0 N–H and O–H groups in total. The predicted octanol–water partition coefficient (Wildman–Crippen LogP) is 1.81. The van der Waals surface area contributed by atoms with E-state index in [-0.39, 0.29) is 17.8 Å². The largest absolute Gasteiger partial charge is 0.369 e. The van der Waals surface area contributed by atoms with Crippen molar-refractivity contribution in [3.8, 4) is 11.1 Å². The van der Waals surface area contributed by atoms with E-state index in [9.17, 15) is 9.18 Å². The zero-order valence-corrected chi connectivity index (χ0v) is 16.7. The van der Waals surface area contributed by atoms with E-state index in [1.807, 2.05) is 25.1 Å². The van der Waals surface area contributed by atoms with Gasteiger partial charge in [0, 0.05) is 53.0 Å². The average molecular weight is 387 g/mol. The molecule has 7 nitrogen and oxygen atoms in total. The summed E-state index contributed by atoms with van der Waals surface area (Å²) in [5.41, 5.74) is 2.13. The van der Waals surface area contributed by atoms with E-state index in [0.717, 1.165) is 5.56 Å². The highest BCUT2D eigenvalue weighted by Gasteiger charge is 2.28. The zero-order chi connectivity index (χ0) is 20.3. The molecule has 2 heterocycles. The highest BCUT2D eigenvalue weighted by Crippen LogP contribution is 2.31. The molecule has 0 bridgehead atoms. The highest BCUT2D eigenvalue weighted by molar-refractivity contribution is 5.77. The number of likely N-dealkylation sites (N-methyl/N-ethyl adjacent to an activating group) is 1. The van der Waals surface area contributed by atoms with Crippen molar-refractivity contribution in [3.63, 3.8) is 0 Å². The number of amides is 1. The molecule has 1 aromatic heterocycles. The Morgan fingerprint density at radius 2 is 2.11 bits per heavy atom. The first-order chi connectivity index (χ1) is 13.3. The minimum absolute atomic E-state index is 0.0441. The molecule has 1 amide bonds. The normalized spacial score (nSPS) is 17.4. The second-order valence-corrected chi connectivity index (χ2v) is 7.26. The van der Waals surface area contributed by atoms with Crippen LogP contribution in [0.1, 0.15) is 11.8 Å². The third-order valence-corrected chi connectivity index (χ3v) is 4.65. The summed E-state index contributed by atoms with van der Waals surface area (Å²) in [5, 5.41) is 0. The van der Waals surface area contributed by atoms with Gasteiger partial charge in [0.05, 0.1) is 18.8 Å². The van der Waals surface area contributed by atoms with Gasteiger partial charge < -0.3 is 14.5 Å². The number of anilines is 1. The summed E-state index contributed by atoms with van der Waals surface area (Å²) in [6.07, 6.45) is 1.38. The Bertz CT molecular complexity index is 843. The van der Waals surface area contributed by atoms with Gasteiger partial charge in [-0.2, -0.15) is 0 Å². The molecule has 3 rings (SSSR count). The maximum atomic E-state index is 13.8. The number of carbonyl (C=O) groups excluding carboxylic acids is 1. The van der Waals surface area contributed by atoms with Crippen molar-refractivity contribution in [2.45, 2.75) is 6.10 Å². The number of hydrogen-bond donors (Lipinski definition) is 0. The topological polar surface area (TPSA) is 61.8 Å². The van der Waals surface area contributed by atoms with Crippen molar-refractivity contribution < 1.29 is 13.9 Å². The van der Waals surface area contributed by atoms with Crippen molar-refractivity contribution >= 4 is 11.9 Å². The molecule has 1 atom stereocenters. The van der Waals surface area contributed by atoms with E-state index in [4.69, 9.17) is 9.72 Å². The van der Waals surface area contributed by atoms with Crippen LogP contribution < -0.4 is 4.90 Å². The van der Waals surface area contributed by atoms with Gasteiger partial charge in [-0.25, -0.2) is 14.4 Å². The van der Waals surface area contributed by atoms with Crippen LogP contribution in [0, 0.1) is 5.82 Å². The van der Waals surface area contributed by atoms with E-state index >= 15 is 0 Å². The van der Waals surface area contributed by atoms with E-state index < -0.39 is 0 Å². The van der Waals surface area contributed by atoms with Crippen LogP contribution in [-0.2, 0) is 9.53 Å². The third-order valence-electron chi connectivity index (χ3n) is 4.65. The van der Waals surface area contributed by atoms with Crippen LogP contribution in [0.25, 0.3) is 11.1 Å². The Morgan fingerprint density at radius 1 is 1.32 bits per heavy atom. The number of nitrogens with zero attached hydrogens (tertiary/aromatic N) is 5. The lowest BCUT2D eigenvalue weighted by molar-refractivity contribution is -0.132. The van der Waals surface area contributed by atoms with Crippen molar-refractivity contribution in [1.29, 1.82) is 0 Å². The molecule has 1 saturated heterocycles. The van der Waals surface area contributed by atoms with Crippen LogP contribution in [0.3, 0.4) is 0 Å². The Balaban J connectivity index is 1.94. The molecule has 1 aliphatic rings. The monoisotopic (exact) mass is 387 g/mol. The van der Waals surface area contributed by atoms with Crippen molar-refractivity contribution in [2.24, 2.45) is 0 Å². The smallest absolute Gasteiger partial charge is 0.236 e. The first kappa shape index (κ1) is 20.2. The van der Waals surface area contributed by atoms with E-state index in [0.29, 0.717) is 43.4 Å². The van der Waals surface area contributed by atoms with Gasteiger partial charge >= 0.3 is 0 Å². The number of carbonyl (C=O) groups is 1. The molecule has 1 fully saturated rings. The summed E-state index contributed by atoms with van der Waals surface area (Å²) < 4.78 is 19.8. The number of ether oxygens (including phenoxy) is 1. The van der Waals surface area contributed by atoms with Crippen molar-refractivity contribution in [2.75, 3.05) is 59.3 Å². The Morgan fingerprint density at radius 3 is 2.79 bits per heavy atom. The number of aromatic nitrogens is 2. The van der Waals surface area contributed by atoms with Gasteiger partial charge in [0.15, 0.2) is 0 Å². The third kappa shape index (κ3) is 4.63. The maximum Gasteiger partial charge on any atom is 0.236 e. The van der Waals surface area contributed by atoms with Gasteiger partial charge in [0.25, 0.3) is 0 Å². The van der Waals surface area contributed by atoms with Gasteiger partial charge in [-0.1, -0.05) is 12.1 Å². The second kappa shape index (κ2) is 8.62. The minimum Gasteiger partial charge on any atom is -0.369 e. The van der Waals surface area contributed by atoms with Gasteiger partial charge in [-0.05, 0) is 17.7 Å². The minimum atomic E-state index is -0.330. The molecule has 2 aromatic rings. The molecule has 150 valence electrons. The standard InChI is InChI=1S/C20H26FN5O2/c1-24(2)18(27)13-26-8-9-28-17(12-26)19-16(11-22-20(23-19)25(3)4)14-6-5-7-15(21)10-14/h5-7,10-11,17H,8-9,12-13H2,1-4H3. The number of morpholine rings is 1. The molecule has 1 unspecified atom stereocenters. The summed E-state index contributed by atoms with van der Waals surface area (Å²) in [5.74, 6) is 0.283. The lowest BCUT2D eigenvalue weighted by Gasteiger charge is -2.33. The van der Waals surface area contributed by atoms with Crippen LogP contribution in [-0.4, -0.2) is 80.1 Å². The molecule has 1 aliphatic heterocycles. The van der Waals surface area contributed by atoms with Gasteiger partial charge in [0.1, 0.15) is 11.9 Å². The molecule has 8 heteroatoms. The van der Waals surface area contributed by atoms with E-state index in [1.165, 1.54) is 12.1 Å². The molecule has 0 radical (unpaired) electrons. The number of rotatable bonds is 5. The van der Waals surface area contributed by atoms with Crippen LogP contribution in [0.5, 0.6) is 0 Å². The zero-order valence-electron chi connectivity index (χ0n) is 16.7. The van der Waals surface area contributed by atoms with Crippen LogP contribution in [0.2, 0.25) is 0 Å².